The van der Waals surface area contributed by atoms with Gasteiger partial charge in [-0.15, -0.1) is 0 Å². The van der Waals surface area contributed by atoms with Crippen LogP contribution in [0.4, 0.5) is 0 Å². The van der Waals surface area contributed by atoms with Crippen molar-refractivity contribution in [2.45, 2.75) is 199 Å². The molecule has 1 aromatic carbocycles. The SMILES string of the molecule is CCCCCCCCCCCCCC/C=C/CCOC(=O)c1ccc(S(=O)(=O)[O-])cc1C(=O)OCC/C=C/CCCCCCCCCCCCCC.[Na+]. The van der Waals surface area contributed by atoms with Gasteiger partial charge in [-0.2, -0.15) is 0 Å². The normalized spacial score (nSPS) is 11.7. The number of allylic oxidation sites excluding steroid dienone is 2. The first kappa shape index (κ1) is 51.5. The molecule has 0 saturated heterocycles. The number of esters is 2. The average Bonchev–Trinajstić information content (AvgIpc) is 3.13. The smallest absolute Gasteiger partial charge is 0.744 e. The topological polar surface area (TPSA) is 110 Å². The van der Waals surface area contributed by atoms with Crippen LogP contribution in [0.1, 0.15) is 214 Å². The fourth-order valence-corrected chi connectivity index (χ4v) is 6.80. The molecule has 0 aliphatic rings. The van der Waals surface area contributed by atoms with Crippen molar-refractivity contribution >= 4 is 22.1 Å². The van der Waals surface area contributed by atoms with Crippen molar-refractivity contribution in [1.29, 1.82) is 0 Å². The van der Waals surface area contributed by atoms with Gasteiger partial charge >= 0.3 is 41.5 Å². The minimum absolute atomic E-state index is 0. The third-order valence-electron chi connectivity index (χ3n) is 9.54. The van der Waals surface area contributed by atoms with Crippen LogP contribution >= 0.6 is 0 Å². The molecule has 53 heavy (non-hydrogen) atoms. The standard InChI is InChI=1S/C44H74O7S.Na/c1-3-5-7-9-11-13-15-17-19-21-23-25-27-29-31-33-37-50-43(45)41-36-35-40(52(47,48)49)39-42(41)44(46)51-38-34-32-30-28-26-24-22-20-18-16-14-12-10-8-6-4-2;/h29-32,35-36,39H,3-28,33-34,37-38H2,1-2H3,(H,47,48,49);/q;+1/p-1/b31-29+,32-30+;. The van der Waals surface area contributed by atoms with Crippen LogP contribution < -0.4 is 29.6 Å². The molecule has 0 spiro atoms. The van der Waals surface area contributed by atoms with Gasteiger partial charge in [0.25, 0.3) is 0 Å². The number of benzene rings is 1. The second-order valence-electron chi connectivity index (χ2n) is 14.3. The van der Waals surface area contributed by atoms with Crippen LogP contribution in [0.25, 0.3) is 0 Å². The van der Waals surface area contributed by atoms with Gasteiger partial charge in [0.2, 0.25) is 0 Å². The minimum Gasteiger partial charge on any atom is -0.744 e. The van der Waals surface area contributed by atoms with Gasteiger partial charge in [-0.05, 0) is 56.7 Å². The Morgan fingerprint density at radius 2 is 0.830 bits per heavy atom. The molecule has 298 valence electrons. The molecule has 9 heteroatoms. The van der Waals surface area contributed by atoms with Crippen LogP contribution in [-0.2, 0) is 19.6 Å². The van der Waals surface area contributed by atoms with E-state index in [1.807, 2.05) is 12.2 Å². The van der Waals surface area contributed by atoms with Gasteiger partial charge in [0.1, 0.15) is 10.1 Å². The molecule has 0 fully saturated rings. The molecule has 0 saturated carbocycles. The number of carbonyl (C=O) groups is 2. The maximum atomic E-state index is 12.9. The molecule has 0 radical (unpaired) electrons. The van der Waals surface area contributed by atoms with Gasteiger partial charge < -0.3 is 14.0 Å². The number of hydrogen-bond donors (Lipinski definition) is 0. The summed E-state index contributed by atoms with van der Waals surface area (Å²) < 4.78 is 45.6. The second-order valence-corrected chi connectivity index (χ2v) is 15.7. The molecule has 7 nitrogen and oxygen atoms in total. The van der Waals surface area contributed by atoms with E-state index in [9.17, 15) is 22.6 Å². The summed E-state index contributed by atoms with van der Waals surface area (Å²) in [7, 11) is -4.83. The Morgan fingerprint density at radius 3 is 1.19 bits per heavy atom. The molecular formula is C44H73NaO7S. The Kier molecular flexibility index (Phi) is 35.2. The molecule has 0 bridgehead atoms. The van der Waals surface area contributed by atoms with E-state index in [0.29, 0.717) is 12.8 Å². The molecule has 1 rings (SSSR count). The van der Waals surface area contributed by atoms with Crippen molar-refractivity contribution in [1.82, 2.24) is 0 Å². The Balaban J connectivity index is 0.0000270. The fraction of sp³-hybridized carbons (Fsp3) is 0.727. The number of rotatable bonds is 35. The predicted molar refractivity (Wildman–Crippen MR) is 214 cm³/mol. The van der Waals surface area contributed by atoms with Gasteiger partial charge in [0.15, 0.2) is 0 Å². The summed E-state index contributed by atoms with van der Waals surface area (Å²) in [6.07, 6.45) is 42.7. The van der Waals surface area contributed by atoms with E-state index >= 15 is 0 Å². The number of ether oxygens (including phenoxy) is 2. The Labute approximate surface area is 347 Å². The van der Waals surface area contributed by atoms with Crippen LogP contribution in [0.3, 0.4) is 0 Å². The average molecular weight is 769 g/mol. The number of hydrogen-bond acceptors (Lipinski definition) is 7. The van der Waals surface area contributed by atoms with E-state index in [0.717, 1.165) is 43.9 Å². The summed E-state index contributed by atoms with van der Waals surface area (Å²) in [5.74, 6) is -1.63. The van der Waals surface area contributed by atoms with E-state index in [1.54, 1.807) is 0 Å². The Bertz CT molecular complexity index is 1210. The monoisotopic (exact) mass is 768 g/mol. The predicted octanol–water partition coefficient (Wildman–Crippen LogP) is 9.98. The molecule has 0 aliphatic carbocycles. The maximum absolute atomic E-state index is 12.9. The van der Waals surface area contributed by atoms with Crippen LogP contribution in [-0.4, -0.2) is 38.1 Å². The van der Waals surface area contributed by atoms with E-state index in [-0.39, 0.29) is 53.9 Å². The number of carbonyl (C=O) groups excluding carboxylic acids is 2. The first-order valence-electron chi connectivity index (χ1n) is 21.0. The van der Waals surface area contributed by atoms with Crippen LogP contribution in [0.2, 0.25) is 0 Å². The molecule has 0 unspecified atom stereocenters. The summed E-state index contributed by atoms with van der Waals surface area (Å²) in [5, 5.41) is 0. The van der Waals surface area contributed by atoms with E-state index in [4.69, 9.17) is 9.47 Å². The van der Waals surface area contributed by atoms with Crippen molar-refractivity contribution in [3.05, 3.63) is 53.6 Å². The molecule has 0 aromatic heterocycles. The second kappa shape index (κ2) is 36.2. The third-order valence-corrected chi connectivity index (χ3v) is 10.4. The van der Waals surface area contributed by atoms with Crippen LogP contribution in [0.15, 0.2) is 47.4 Å². The van der Waals surface area contributed by atoms with Crippen molar-refractivity contribution in [2.24, 2.45) is 0 Å². The zero-order valence-corrected chi connectivity index (χ0v) is 36.8. The zero-order chi connectivity index (χ0) is 38.0. The summed E-state index contributed by atoms with van der Waals surface area (Å²) in [4.78, 5) is 25.1. The van der Waals surface area contributed by atoms with Crippen LogP contribution in [0, 0.1) is 0 Å². The molecule has 0 atom stereocenters. The fourth-order valence-electron chi connectivity index (χ4n) is 6.30. The Hall–Kier alpha value is -1.45. The van der Waals surface area contributed by atoms with Gasteiger partial charge in [0, 0.05) is 0 Å². The molecule has 0 amide bonds. The zero-order valence-electron chi connectivity index (χ0n) is 34.0. The first-order chi connectivity index (χ1) is 25.3. The van der Waals surface area contributed by atoms with Crippen molar-refractivity contribution in [3.8, 4) is 0 Å². The summed E-state index contributed by atoms with van der Waals surface area (Å²) in [5.41, 5.74) is -0.412. The number of unbranched alkanes of at least 4 members (excludes halogenated alkanes) is 24. The van der Waals surface area contributed by atoms with Crippen LogP contribution in [0.5, 0.6) is 0 Å². The van der Waals surface area contributed by atoms with Gasteiger partial charge in [-0.25, -0.2) is 18.0 Å². The van der Waals surface area contributed by atoms with Gasteiger partial charge in [0.05, 0.1) is 29.2 Å². The largest absolute Gasteiger partial charge is 1.00 e. The third kappa shape index (κ3) is 29.5. The van der Waals surface area contributed by atoms with Crippen molar-refractivity contribution in [2.75, 3.05) is 13.2 Å². The summed E-state index contributed by atoms with van der Waals surface area (Å²) in [6.45, 7) is 4.70. The van der Waals surface area contributed by atoms with E-state index in [1.165, 1.54) is 141 Å². The Morgan fingerprint density at radius 1 is 0.509 bits per heavy atom. The molecule has 1 aromatic rings. The molecule has 0 N–H and O–H groups in total. The molecule has 0 heterocycles. The van der Waals surface area contributed by atoms with Gasteiger partial charge in [-0.1, -0.05) is 179 Å². The van der Waals surface area contributed by atoms with E-state index < -0.39 is 27.0 Å². The first-order valence-corrected chi connectivity index (χ1v) is 22.5. The summed E-state index contributed by atoms with van der Waals surface area (Å²) >= 11 is 0. The van der Waals surface area contributed by atoms with E-state index in [2.05, 4.69) is 26.0 Å². The summed E-state index contributed by atoms with van der Waals surface area (Å²) in [6, 6.07) is 3.06. The maximum Gasteiger partial charge on any atom is 1.00 e. The minimum atomic E-state index is -4.83. The molecule has 0 aliphatic heterocycles. The van der Waals surface area contributed by atoms with Crippen molar-refractivity contribution in [3.63, 3.8) is 0 Å². The quantitative estimate of drug-likeness (QED) is 0.0222. The molecular weight excluding hydrogens is 696 g/mol. The van der Waals surface area contributed by atoms with Crippen molar-refractivity contribution < 1.29 is 61.6 Å². The van der Waals surface area contributed by atoms with Gasteiger partial charge in [-0.3, -0.25) is 0 Å².